The van der Waals surface area contributed by atoms with Crippen LogP contribution in [0, 0.1) is 6.92 Å². The van der Waals surface area contributed by atoms with Gasteiger partial charge < -0.3 is 9.67 Å². The highest BCUT2D eigenvalue weighted by molar-refractivity contribution is 5.89. The van der Waals surface area contributed by atoms with Crippen LogP contribution in [0.3, 0.4) is 0 Å². The molecule has 0 bridgehead atoms. The van der Waals surface area contributed by atoms with E-state index in [0.717, 1.165) is 5.69 Å². The van der Waals surface area contributed by atoms with Crippen molar-refractivity contribution >= 4 is 5.97 Å². The third-order valence-corrected chi connectivity index (χ3v) is 3.83. The first-order chi connectivity index (χ1) is 7.61. The Hall–Kier alpha value is -1.25. The molecule has 0 aromatic carbocycles. The molecule has 1 fully saturated rings. The molecule has 2 rings (SSSR count). The molecule has 1 heterocycles. The summed E-state index contributed by atoms with van der Waals surface area (Å²) in [7, 11) is 1.98. The Balaban J connectivity index is 2.33. The van der Waals surface area contributed by atoms with Gasteiger partial charge in [0.25, 0.3) is 0 Å². The van der Waals surface area contributed by atoms with Crippen molar-refractivity contribution in [1.29, 1.82) is 0 Å². The fourth-order valence-corrected chi connectivity index (χ4v) is 2.73. The molecule has 1 aliphatic carbocycles. The van der Waals surface area contributed by atoms with Gasteiger partial charge in [0, 0.05) is 18.4 Å². The van der Waals surface area contributed by atoms with Gasteiger partial charge >= 0.3 is 5.97 Å². The lowest BCUT2D eigenvalue weighted by Gasteiger charge is -2.22. The summed E-state index contributed by atoms with van der Waals surface area (Å²) >= 11 is 0. The average Bonchev–Trinajstić information content (AvgIpc) is 2.58. The van der Waals surface area contributed by atoms with Crippen molar-refractivity contribution in [3.63, 3.8) is 0 Å². The number of hydrogen-bond donors (Lipinski definition) is 1. The summed E-state index contributed by atoms with van der Waals surface area (Å²) in [5.74, 6) is -0.249. The Morgan fingerprint density at radius 2 is 2.00 bits per heavy atom. The second-order valence-corrected chi connectivity index (χ2v) is 4.77. The summed E-state index contributed by atoms with van der Waals surface area (Å²) in [5.41, 5.74) is 2.53. The predicted molar refractivity (Wildman–Crippen MR) is 62.9 cm³/mol. The maximum Gasteiger partial charge on any atom is 0.337 e. The van der Waals surface area contributed by atoms with Gasteiger partial charge in [0.15, 0.2) is 0 Å². The van der Waals surface area contributed by atoms with Crippen LogP contribution >= 0.6 is 0 Å². The van der Waals surface area contributed by atoms with Crippen LogP contribution in [0.5, 0.6) is 0 Å². The first kappa shape index (κ1) is 11.2. The molecule has 0 aliphatic heterocycles. The van der Waals surface area contributed by atoms with Crippen LogP contribution in [0.2, 0.25) is 0 Å². The molecule has 0 amide bonds. The maximum atomic E-state index is 11.1. The Kier molecular flexibility index (Phi) is 3.03. The molecule has 16 heavy (non-hydrogen) atoms. The number of hydrogen-bond acceptors (Lipinski definition) is 1. The van der Waals surface area contributed by atoms with Crippen LogP contribution in [0.15, 0.2) is 6.07 Å². The molecule has 0 spiro atoms. The van der Waals surface area contributed by atoms with E-state index in [1.807, 2.05) is 20.0 Å². The van der Waals surface area contributed by atoms with Crippen LogP contribution < -0.4 is 0 Å². The predicted octanol–water partition coefficient (Wildman–Crippen LogP) is 3.08. The van der Waals surface area contributed by atoms with Gasteiger partial charge in [0.2, 0.25) is 0 Å². The van der Waals surface area contributed by atoms with Crippen molar-refractivity contribution < 1.29 is 9.90 Å². The molecule has 0 saturated heterocycles. The first-order valence-electron chi connectivity index (χ1n) is 6.00. The van der Waals surface area contributed by atoms with Crippen molar-refractivity contribution in [2.75, 3.05) is 0 Å². The molecule has 0 atom stereocenters. The smallest absolute Gasteiger partial charge is 0.337 e. The molecule has 0 radical (unpaired) electrons. The molecule has 1 aliphatic rings. The largest absolute Gasteiger partial charge is 0.478 e. The van der Waals surface area contributed by atoms with Gasteiger partial charge in [0.1, 0.15) is 0 Å². The fourth-order valence-electron chi connectivity index (χ4n) is 2.73. The van der Waals surface area contributed by atoms with Gasteiger partial charge in [-0.1, -0.05) is 19.3 Å². The van der Waals surface area contributed by atoms with Crippen LogP contribution in [0.4, 0.5) is 0 Å². The maximum absolute atomic E-state index is 11.1. The number of aromatic nitrogens is 1. The van der Waals surface area contributed by atoms with Gasteiger partial charge in [-0.05, 0) is 31.7 Å². The molecule has 3 nitrogen and oxygen atoms in total. The van der Waals surface area contributed by atoms with Gasteiger partial charge in [-0.25, -0.2) is 4.79 Å². The van der Waals surface area contributed by atoms with Crippen LogP contribution in [0.25, 0.3) is 0 Å². The number of aromatic carboxylic acids is 1. The normalized spacial score (nSPS) is 17.6. The Morgan fingerprint density at radius 3 is 2.50 bits per heavy atom. The Morgan fingerprint density at radius 1 is 1.38 bits per heavy atom. The summed E-state index contributed by atoms with van der Waals surface area (Å²) in [5, 5.41) is 9.09. The molecule has 88 valence electrons. The second kappa shape index (κ2) is 4.32. The Bertz CT molecular complexity index is 400. The van der Waals surface area contributed by atoms with Crippen LogP contribution in [-0.2, 0) is 7.05 Å². The minimum atomic E-state index is -0.810. The molecular weight excluding hydrogens is 202 g/mol. The van der Waals surface area contributed by atoms with E-state index in [1.54, 1.807) is 0 Å². The SMILES string of the molecule is Cc1c(C(=O)O)cc(C2CCCCC2)n1C. The molecule has 1 aromatic rings. The summed E-state index contributed by atoms with van der Waals surface area (Å²) in [6.07, 6.45) is 6.28. The van der Waals surface area contributed by atoms with E-state index in [2.05, 4.69) is 4.57 Å². The number of carbonyl (C=O) groups is 1. The quantitative estimate of drug-likeness (QED) is 0.833. The highest BCUT2D eigenvalue weighted by Crippen LogP contribution is 2.34. The van der Waals surface area contributed by atoms with Crippen molar-refractivity contribution in [2.24, 2.45) is 7.05 Å². The molecule has 3 heteroatoms. The minimum absolute atomic E-state index is 0.461. The van der Waals surface area contributed by atoms with E-state index in [9.17, 15) is 4.79 Å². The van der Waals surface area contributed by atoms with Gasteiger partial charge in [-0.3, -0.25) is 0 Å². The summed E-state index contributed by atoms with van der Waals surface area (Å²) in [6, 6.07) is 1.87. The summed E-state index contributed by atoms with van der Waals surface area (Å²) in [4.78, 5) is 11.1. The fraction of sp³-hybridized carbons (Fsp3) is 0.615. The zero-order valence-electron chi connectivity index (χ0n) is 9.99. The van der Waals surface area contributed by atoms with Crippen molar-refractivity contribution in [3.8, 4) is 0 Å². The third kappa shape index (κ3) is 1.86. The Labute approximate surface area is 96.1 Å². The number of carboxylic acid groups (broad SMARTS) is 1. The second-order valence-electron chi connectivity index (χ2n) is 4.77. The van der Waals surface area contributed by atoms with Crippen molar-refractivity contribution in [3.05, 3.63) is 23.0 Å². The van der Waals surface area contributed by atoms with E-state index in [0.29, 0.717) is 11.5 Å². The van der Waals surface area contributed by atoms with Crippen LogP contribution in [-0.4, -0.2) is 15.6 Å². The highest BCUT2D eigenvalue weighted by atomic mass is 16.4. The lowest BCUT2D eigenvalue weighted by molar-refractivity contribution is 0.0696. The standard InChI is InChI=1S/C13H19NO2/c1-9-11(13(15)16)8-12(14(9)2)10-6-4-3-5-7-10/h8,10H,3-7H2,1-2H3,(H,15,16). The van der Waals surface area contributed by atoms with E-state index in [1.165, 1.54) is 37.8 Å². The van der Waals surface area contributed by atoms with E-state index < -0.39 is 5.97 Å². The monoisotopic (exact) mass is 221 g/mol. The number of nitrogens with zero attached hydrogens (tertiary/aromatic N) is 1. The zero-order chi connectivity index (χ0) is 11.7. The molecule has 0 unspecified atom stereocenters. The van der Waals surface area contributed by atoms with E-state index >= 15 is 0 Å². The average molecular weight is 221 g/mol. The molecule has 1 aromatic heterocycles. The van der Waals surface area contributed by atoms with Crippen molar-refractivity contribution in [1.82, 2.24) is 4.57 Å². The van der Waals surface area contributed by atoms with Crippen molar-refractivity contribution in [2.45, 2.75) is 44.9 Å². The third-order valence-electron chi connectivity index (χ3n) is 3.83. The topological polar surface area (TPSA) is 42.2 Å². The minimum Gasteiger partial charge on any atom is -0.478 e. The lowest BCUT2D eigenvalue weighted by atomic mass is 9.87. The molecular formula is C13H19NO2. The highest BCUT2D eigenvalue weighted by Gasteiger charge is 2.22. The number of rotatable bonds is 2. The first-order valence-corrected chi connectivity index (χ1v) is 6.00. The summed E-state index contributed by atoms with van der Waals surface area (Å²) < 4.78 is 2.05. The lowest BCUT2D eigenvalue weighted by Crippen LogP contribution is -2.09. The van der Waals surface area contributed by atoms with E-state index in [4.69, 9.17) is 5.11 Å². The van der Waals surface area contributed by atoms with Gasteiger partial charge in [0.05, 0.1) is 5.56 Å². The molecule has 1 saturated carbocycles. The van der Waals surface area contributed by atoms with Crippen LogP contribution in [0.1, 0.15) is 59.8 Å². The zero-order valence-corrected chi connectivity index (χ0v) is 9.99. The van der Waals surface area contributed by atoms with E-state index in [-0.39, 0.29) is 0 Å². The van der Waals surface area contributed by atoms with Gasteiger partial charge in [-0.15, -0.1) is 0 Å². The molecule has 1 N–H and O–H groups in total. The number of carboxylic acids is 1. The van der Waals surface area contributed by atoms with Gasteiger partial charge in [-0.2, -0.15) is 0 Å². The summed E-state index contributed by atoms with van der Waals surface area (Å²) in [6.45, 7) is 1.88.